The van der Waals surface area contributed by atoms with Crippen LogP contribution in [0, 0.1) is 0 Å². The fourth-order valence-electron chi connectivity index (χ4n) is 3.56. The lowest BCUT2D eigenvalue weighted by Gasteiger charge is -2.19. The van der Waals surface area contributed by atoms with E-state index >= 15 is 0 Å². The van der Waals surface area contributed by atoms with Crippen LogP contribution in [0.1, 0.15) is 29.7 Å². The first-order chi connectivity index (χ1) is 14.2. The Morgan fingerprint density at radius 3 is 2.69 bits per heavy atom. The SMILES string of the molecule is COCC(C)Oc1cc(OCc2ccccc2)cc(C2Cc3cccnc3N2)c1. The van der Waals surface area contributed by atoms with E-state index < -0.39 is 0 Å². The molecule has 1 N–H and O–H groups in total. The van der Waals surface area contributed by atoms with E-state index in [9.17, 15) is 0 Å². The largest absolute Gasteiger partial charge is 0.489 e. The van der Waals surface area contributed by atoms with E-state index in [0.29, 0.717) is 13.2 Å². The second kappa shape index (κ2) is 8.97. The molecule has 5 nitrogen and oxygen atoms in total. The summed E-state index contributed by atoms with van der Waals surface area (Å²) in [6.45, 7) is 3.03. The van der Waals surface area contributed by atoms with Gasteiger partial charge in [0.2, 0.25) is 0 Å². The van der Waals surface area contributed by atoms with E-state index in [1.807, 2.05) is 43.5 Å². The average molecular weight is 390 g/mol. The van der Waals surface area contributed by atoms with Crippen LogP contribution >= 0.6 is 0 Å². The van der Waals surface area contributed by atoms with Crippen LogP contribution in [0.15, 0.2) is 66.9 Å². The van der Waals surface area contributed by atoms with Crippen molar-refractivity contribution in [3.63, 3.8) is 0 Å². The van der Waals surface area contributed by atoms with E-state index in [0.717, 1.165) is 34.9 Å². The number of anilines is 1. The molecule has 4 rings (SSSR count). The van der Waals surface area contributed by atoms with Gasteiger partial charge in [0, 0.05) is 25.8 Å². The molecule has 150 valence electrons. The highest BCUT2D eigenvalue weighted by molar-refractivity contribution is 5.54. The average Bonchev–Trinajstić information content (AvgIpc) is 3.17. The normalized spacial score (nSPS) is 16.0. The fourth-order valence-corrected chi connectivity index (χ4v) is 3.56. The molecule has 0 fully saturated rings. The molecule has 2 atom stereocenters. The Balaban J connectivity index is 1.56. The molecule has 2 unspecified atom stereocenters. The lowest BCUT2D eigenvalue weighted by atomic mass is 10.0. The van der Waals surface area contributed by atoms with Gasteiger partial charge in [-0.25, -0.2) is 4.98 Å². The standard InChI is InChI=1S/C24H26N2O3/c1-17(15-27-2)29-22-12-20(23-13-19-9-6-10-25-24(19)26-23)11-21(14-22)28-16-18-7-4-3-5-8-18/h3-12,14,17,23H,13,15-16H2,1-2H3,(H,25,26). The molecular weight excluding hydrogens is 364 g/mol. The monoisotopic (exact) mass is 390 g/mol. The van der Waals surface area contributed by atoms with Crippen molar-refractivity contribution in [1.82, 2.24) is 4.98 Å². The number of rotatable bonds is 8. The van der Waals surface area contributed by atoms with Crippen LogP contribution in [0.4, 0.5) is 5.82 Å². The van der Waals surface area contributed by atoms with Gasteiger partial charge in [-0.15, -0.1) is 0 Å². The van der Waals surface area contributed by atoms with Gasteiger partial charge < -0.3 is 19.5 Å². The van der Waals surface area contributed by atoms with E-state index in [1.54, 1.807) is 7.11 Å². The molecule has 1 aromatic heterocycles. The first-order valence-electron chi connectivity index (χ1n) is 9.89. The third kappa shape index (κ3) is 4.87. The molecule has 0 amide bonds. The molecule has 0 saturated heterocycles. The molecule has 5 heteroatoms. The van der Waals surface area contributed by atoms with Crippen molar-refractivity contribution in [2.24, 2.45) is 0 Å². The van der Waals surface area contributed by atoms with Crippen molar-refractivity contribution >= 4 is 5.82 Å². The molecule has 29 heavy (non-hydrogen) atoms. The molecule has 3 aromatic rings. The molecule has 0 aliphatic carbocycles. The Labute approximate surface area is 171 Å². The van der Waals surface area contributed by atoms with E-state index in [4.69, 9.17) is 14.2 Å². The summed E-state index contributed by atoms with van der Waals surface area (Å²) in [5, 5.41) is 3.51. The second-order valence-electron chi connectivity index (χ2n) is 7.31. The maximum atomic E-state index is 6.10. The van der Waals surface area contributed by atoms with Crippen molar-refractivity contribution in [1.29, 1.82) is 0 Å². The van der Waals surface area contributed by atoms with Gasteiger partial charge in [0.15, 0.2) is 0 Å². The van der Waals surface area contributed by atoms with Gasteiger partial charge in [0.25, 0.3) is 0 Å². The minimum atomic E-state index is -0.0485. The zero-order valence-corrected chi connectivity index (χ0v) is 16.8. The zero-order valence-electron chi connectivity index (χ0n) is 16.8. The summed E-state index contributed by atoms with van der Waals surface area (Å²) in [4.78, 5) is 4.44. The maximum absolute atomic E-state index is 6.10. The Morgan fingerprint density at radius 1 is 1.07 bits per heavy atom. The second-order valence-corrected chi connectivity index (χ2v) is 7.31. The maximum Gasteiger partial charge on any atom is 0.129 e. The predicted octanol–water partition coefficient (Wildman–Crippen LogP) is 4.78. The molecule has 2 aromatic carbocycles. The zero-order chi connectivity index (χ0) is 20.1. The molecule has 1 aliphatic rings. The van der Waals surface area contributed by atoms with Crippen LogP contribution in [0.2, 0.25) is 0 Å². The summed E-state index contributed by atoms with van der Waals surface area (Å²) in [6, 6.07) is 20.5. The minimum absolute atomic E-state index is 0.0485. The van der Waals surface area contributed by atoms with Gasteiger partial charge in [0.05, 0.1) is 12.6 Å². The fraction of sp³-hybridized carbons (Fsp3) is 0.292. The first kappa shape index (κ1) is 19.3. The van der Waals surface area contributed by atoms with Gasteiger partial charge in [-0.2, -0.15) is 0 Å². The van der Waals surface area contributed by atoms with Gasteiger partial charge in [-0.1, -0.05) is 36.4 Å². The Bertz CT molecular complexity index is 921. The van der Waals surface area contributed by atoms with E-state index in [2.05, 4.69) is 40.6 Å². The van der Waals surface area contributed by atoms with Gasteiger partial charge in [0.1, 0.15) is 30.0 Å². The van der Waals surface area contributed by atoms with Gasteiger partial charge >= 0.3 is 0 Å². The molecule has 0 bridgehead atoms. The number of hydrogen-bond acceptors (Lipinski definition) is 5. The number of methoxy groups -OCH3 is 1. The smallest absolute Gasteiger partial charge is 0.129 e. The van der Waals surface area contributed by atoms with Crippen molar-refractivity contribution < 1.29 is 14.2 Å². The van der Waals surface area contributed by atoms with Crippen molar-refractivity contribution in [2.45, 2.75) is 32.1 Å². The quantitative estimate of drug-likeness (QED) is 0.600. The summed E-state index contributed by atoms with van der Waals surface area (Å²) in [6.07, 6.45) is 2.65. The van der Waals surface area contributed by atoms with Gasteiger partial charge in [-0.3, -0.25) is 0 Å². The molecule has 2 heterocycles. The Kier molecular flexibility index (Phi) is 5.96. The van der Waals surface area contributed by atoms with Crippen molar-refractivity contribution in [3.8, 4) is 11.5 Å². The summed E-state index contributed by atoms with van der Waals surface area (Å²) in [5.41, 5.74) is 3.47. The molecule has 1 aliphatic heterocycles. The topological polar surface area (TPSA) is 52.6 Å². The molecular formula is C24H26N2O3. The summed E-state index contributed by atoms with van der Waals surface area (Å²) >= 11 is 0. The highest BCUT2D eigenvalue weighted by Crippen LogP contribution is 2.36. The van der Waals surface area contributed by atoms with Crippen LogP contribution in [0.25, 0.3) is 0 Å². The molecule has 0 saturated carbocycles. The number of hydrogen-bond donors (Lipinski definition) is 1. The number of aromatic nitrogens is 1. The summed E-state index contributed by atoms with van der Waals surface area (Å²) in [5.74, 6) is 2.51. The number of fused-ring (bicyclic) bond motifs is 1. The minimum Gasteiger partial charge on any atom is -0.489 e. The Morgan fingerprint density at radius 2 is 1.90 bits per heavy atom. The van der Waals surface area contributed by atoms with E-state index in [1.165, 1.54) is 5.56 Å². The number of ether oxygens (including phenoxy) is 3. The summed E-state index contributed by atoms with van der Waals surface area (Å²) in [7, 11) is 1.68. The van der Waals surface area contributed by atoms with Crippen molar-refractivity contribution in [2.75, 3.05) is 19.0 Å². The highest BCUT2D eigenvalue weighted by Gasteiger charge is 2.24. The Hall–Kier alpha value is -3.05. The lowest BCUT2D eigenvalue weighted by Crippen LogP contribution is -2.18. The van der Waals surface area contributed by atoms with Gasteiger partial charge in [-0.05, 0) is 41.8 Å². The number of benzene rings is 2. The number of nitrogens with one attached hydrogen (secondary N) is 1. The van der Waals surface area contributed by atoms with Crippen LogP contribution < -0.4 is 14.8 Å². The lowest BCUT2D eigenvalue weighted by molar-refractivity contribution is 0.0917. The molecule has 0 spiro atoms. The van der Waals surface area contributed by atoms with Crippen LogP contribution in [-0.4, -0.2) is 24.8 Å². The van der Waals surface area contributed by atoms with Crippen molar-refractivity contribution in [3.05, 3.63) is 83.6 Å². The first-order valence-corrected chi connectivity index (χ1v) is 9.89. The third-order valence-electron chi connectivity index (χ3n) is 4.92. The van der Waals surface area contributed by atoms with Crippen LogP contribution in [-0.2, 0) is 17.8 Å². The number of nitrogens with zero attached hydrogens (tertiary/aromatic N) is 1. The van der Waals surface area contributed by atoms with E-state index in [-0.39, 0.29) is 12.1 Å². The number of pyridine rings is 1. The van der Waals surface area contributed by atoms with Crippen LogP contribution in [0.3, 0.4) is 0 Å². The summed E-state index contributed by atoms with van der Waals surface area (Å²) < 4.78 is 17.4. The molecule has 0 radical (unpaired) electrons. The van der Waals surface area contributed by atoms with Crippen LogP contribution in [0.5, 0.6) is 11.5 Å². The highest BCUT2D eigenvalue weighted by atomic mass is 16.5. The predicted molar refractivity (Wildman–Crippen MR) is 113 cm³/mol. The third-order valence-corrected chi connectivity index (χ3v) is 4.92.